The van der Waals surface area contributed by atoms with Crippen LogP contribution in [0.4, 0.5) is 0 Å². The van der Waals surface area contributed by atoms with Gasteiger partial charge in [-0.05, 0) is 38.9 Å². The van der Waals surface area contributed by atoms with E-state index in [2.05, 4.69) is 43.6 Å². The van der Waals surface area contributed by atoms with E-state index < -0.39 is 0 Å². The Morgan fingerprint density at radius 3 is 2.55 bits per heavy atom. The lowest BCUT2D eigenvalue weighted by atomic mass is 9.89. The fraction of sp³-hybridized carbons (Fsp3) is 0.688. The Morgan fingerprint density at radius 2 is 2.05 bits per heavy atom. The van der Waals surface area contributed by atoms with Gasteiger partial charge in [-0.1, -0.05) is 13.0 Å². The molecule has 1 unspecified atom stereocenters. The van der Waals surface area contributed by atoms with Gasteiger partial charge in [0.05, 0.1) is 13.2 Å². The van der Waals surface area contributed by atoms with Crippen molar-refractivity contribution < 1.29 is 9.47 Å². The molecule has 4 heteroatoms. The van der Waals surface area contributed by atoms with E-state index in [4.69, 9.17) is 9.47 Å². The van der Waals surface area contributed by atoms with Crippen molar-refractivity contribution in [2.75, 3.05) is 26.6 Å². The Kier molecular flexibility index (Phi) is 5.13. The van der Waals surface area contributed by atoms with Crippen molar-refractivity contribution in [1.82, 2.24) is 9.88 Å². The zero-order valence-electron chi connectivity index (χ0n) is 13.0. The van der Waals surface area contributed by atoms with E-state index in [1.165, 1.54) is 5.56 Å². The Balaban J connectivity index is 2.32. The third-order valence-corrected chi connectivity index (χ3v) is 3.84. The molecule has 0 amide bonds. The monoisotopic (exact) mass is 278 g/mol. The van der Waals surface area contributed by atoms with Gasteiger partial charge in [-0.2, -0.15) is 0 Å². The lowest BCUT2D eigenvalue weighted by molar-refractivity contribution is -0.147. The Hall–Kier alpha value is -0.970. The summed E-state index contributed by atoms with van der Waals surface area (Å²) >= 11 is 0. The first-order valence-corrected chi connectivity index (χ1v) is 7.36. The second kappa shape index (κ2) is 6.66. The summed E-state index contributed by atoms with van der Waals surface area (Å²) in [7, 11) is 0. The van der Waals surface area contributed by atoms with E-state index in [9.17, 15) is 0 Å². The number of ether oxygens (including phenoxy) is 2. The second-order valence-electron chi connectivity index (χ2n) is 6.31. The summed E-state index contributed by atoms with van der Waals surface area (Å²) in [5.41, 5.74) is 1.33. The van der Waals surface area contributed by atoms with Gasteiger partial charge in [-0.25, -0.2) is 0 Å². The molecule has 0 saturated carbocycles. The zero-order valence-corrected chi connectivity index (χ0v) is 13.0. The van der Waals surface area contributed by atoms with Crippen LogP contribution < -0.4 is 0 Å². The van der Waals surface area contributed by atoms with Crippen LogP contribution in [0.15, 0.2) is 24.5 Å². The van der Waals surface area contributed by atoms with Crippen LogP contribution in [0.25, 0.3) is 0 Å². The zero-order chi connectivity index (χ0) is 14.6. The molecular formula is C16H26N2O2. The molecule has 0 aliphatic carbocycles. The van der Waals surface area contributed by atoms with Gasteiger partial charge in [-0.3, -0.25) is 9.88 Å². The van der Waals surface area contributed by atoms with Gasteiger partial charge in [-0.15, -0.1) is 0 Å². The van der Waals surface area contributed by atoms with Crippen LogP contribution in [-0.4, -0.2) is 42.0 Å². The highest BCUT2D eigenvalue weighted by Crippen LogP contribution is 2.35. The average molecular weight is 278 g/mol. The van der Waals surface area contributed by atoms with E-state index in [1.54, 1.807) is 0 Å². The van der Waals surface area contributed by atoms with Crippen molar-refractivity contribution in [3.8, 4) is 0 Å². The first-order chi connectivity index (χ1) is 9.54. The summed E-state index contributed by atoms with van der Waals surface area (Å²) in [4.78, 5) is 6.80. The molecule has 1 aliphatic rings. The predicted molar refractivity (Wildman–Crippen MR) is 79.4 cm³/mol. The molecule has 1 atom stereocenters. The third kappa shape index (κ3) is 3.57. The minimum atomic E-state index is 0.0900. The molecule has 0 N–H and O–H groups in total. The maximum absolute atomic E-state index is 5.52. The van der Waals surface area contributed by atoms with Crippen molar-refractivity contribution in [1.29, 1.82) is 0 Å². The number of pyridine rings is 1. The van der Waals surface area contributed by atoms with Gasteiger partial charge in [0.25, 0.3) is 0 Å². The first-order valence-electron chi connectivity index (χ1n) is 7.36. The maximum atomic E-state index is 5.52. The standard InChI is InChI=1S/C16H26N2O2/c1-5-18(16(2,3)4)15(13-7-6-8-17-9-13)14-10-19-12-20-11-14/h6-9,14-15H,5,10-12H2,1-4H3. The molecule has 2 rings (SSSR count). The van der Waals surface area contributed by atoms with Crippen LogP contribution in [0.5, 0.6) is 0 Å². The van der Waals surface area contributed by atoms with Crippen LogP contribution in [0.1, 0.15) is 39.3 Å². The minimum Gasteiger partial charge on any atom is -0.355 e. The number of rotatable bonds is 4. The SMILES string of the molecule is CCN(C(c1cccnc1)C1COCOC1)C(C)(C)C. The molecule has 4 nitrogen and oxygen atoms in total. The number of hydrogen-bond donors (Lipinski definition) is 0. The van der Waals surface area contributed by atoms with Crippen molar-refractivity contribution in [2.24, 2.45) is 5.92 Å². The Labute approximate surface area is 122 Å². The van der Waals surface area contributed by atoms with E-state index in [1.807, 2.05) is 18.5 Å². The molecule has 1 fully saturated rings. The van der Waals surface area contributed by atoms with Gasteiger partial charge >= 0.3 is 0 Å². The molecule has 1 saturated heterocycles. The van der Waals surface area contributed by atoms with Crippen LogP contribution >= 0.6 is 0 Å². The topological polar surface area (TPSA) is 34.6 Å². The summed E-state index contributed by atoms with van der Waals surface area (Å²) in [6.07, 6.45) is 3.79. The van der Waals surface area contributed by atoms with Crippen LogP contribution in [-0.2, 0) is 9.47 Å². The predicted octanol–water partition coefficient (Wildman–Crippen LogP) is 2.86. The fourth-order valence-corrected chi connectivity index (χ4v) is 3.03. The van der Waals surface area contributed by atoms with Crippen LogP contribution in [0, 0.1) is 5.92 Å². The molecule has 0 bridgehead atoms. The quantitative estimate of drug-likeness (QED) is 0.848. The number of aromatic nitrogens is 1. The lowest BCUT2D eigenvalue weighted by Crippen LogP contribution is -2.48. The smallest absolute Gasteiger partial charge is 0.146 e. The molecule has 2 heterocycles. The van der Waals surface area contributed by atoms with Gasteiger partial charge in [0.15, 0.2) is 0 Å². The average Bonchev–Trinajstić information content (AvgIpc) is 2.45. The van der Waals surface area contributed by atoms with Gasteiger partial charge in [0.1, 0.15) is 6.79 Å². The molecule has 1 aromatic heterocycles. The summed E-state index contributed by atoms with van der Waals surface area (Å²) in [5, 5.41) is 0. The number of hydrogen-bond acceptors (Lipinski definition) is 4. The maximum Gasteiger partial charge on any atom is 0.146 e. The van der Waals surface area contributed by atoms with E-state index >= 15 is 0 Å². The normalized spacial score (nSPS) is 19.2. The fourth-order valence-electron chi connectivity index (χ4n) is 3.03. The van der Waals surface area contributed by atoms with Crippen molar-refractivity contribution in [3.05, 3.63) is 30.1 Å². The number of nitrogens with zero attached hydrogens (tertiary/aromatic N) is 2. The highest BCUT2D eigenvalue weighted by molar-refractivity contribution is 5.16. The summed E-state index contributed by atoms with van der Waals surface area (Å²) in [5.74, 6) is 0.340. The third-order valence-electron chi connectivity index (χ3n) is 3.84. The molecule has 0 aromatic carbocycles. The summed E-state index contributed by atoms with van der Waals surface area (Å²) in [6.45, 7) is 11.9. The Bertz CT molecular complexity index is 397. The summed E-state index contributed by atoms with van der Waals surface area (Å²) < 4.78 is 11.0. The molecule has 112 valence electrons. The summed E-state index contributed by atoms with van der Waals surface area (Å²) in [6, 6.07) is 4.43. The molecule has 0 radical (unpaired) electrons. The van der Waals surface area contributed by atoms with E-state index in [0.29, 0.717) is 12.7 Å². The van der Waals surface area contributed by atoms with Gasteiger partial charge in [0, 0.05) is 29.9 Å². The largest absolute Gasteiger partial charge is 0.355 e. The molecule has 20 heavy (non-hydrogen) atoms. The van der Waals surface area contributed by atoms with Gasteiger partial charge in [0.2, 0.25) is 0 Å². The molecule has 1 aromatic rings. The van der Waals surface area contributed by atoms with Gasteiger partial charge < -0.3 is 9.47 Å². The van der Waals surface area contributed by atoms with Crippen molar-refractivity contribution in [3.63, 3.8) is 0 Å². The molecule has 1 aliphatic heterocycles. The lowest BCUT2D eigenvalue weighted by Gasteiger charge is -2.45. The molecule has 0 spiro atoms. The highest BCUT2D eigenvalue weighted by Gasteiger charge is 2.35. The van der Waals surface area contributed by atoms with Crippen molar-refractivity contribution >= 4 is 0 Å². The second-order valence-corrected chi connectivity index (χ2v) is 6.31. The minimum absolute atomic E-state index is 0.0900. The first kappa shape index (κ1) is 15.4. The molecular weight excluding hydrogens is 252 g/mol. The van der Waals surface area contributed by atoms with Crippen molar-refractivity contribution in [2.45, 2.75) is 39.3 Å². The highest BCUT2D eigenvalue weighted by atomic mass is 16.7. The van der Waals surface area contributed by atoms with E-state index in [-0.39, 0.29) is 11.6 Å². The van der Waals surface area contributed by atoms with E-state index in [0.717, 1.165) is 19.8 Å². The Morgan fingerprint density at radius 1 is 1.35 bits per heavy atom. The van der Waals surface area contributed by atoms with Crippen LogP contribution in [0.2, 0.25) is 0 Å². The van der Waals surface area contributed by atoms with Crippen LogP contribution in [0.3, 0.4) is 0 Å².